The van der Waals surface area contributed by atoms with Gasteiger partial charge in [-0.2, -0.15) is 9.57 Å². The van der Waals surface area contributed by atoms with Gasteiger partial charge < -0.3 is 5.73 Å². The minimum atomic E-state index is -3.80. The molecule has 5 nitrogen and oxygen atoms in total. The van der Waals surface area contributed by atoms with Gasteiger partial charge in [0.2, 0.25) is 10.0 Å². The number of rotatable bonds is 4. The van der Waals surface area contributed by atoms with Crippen molar-refractivity contribution in [2.75, 3.05) is 19.3 Å². The maximum absolute atomic E-state index is 12.3. The van der Waals surface area contributed by atoms with E-state index < -0.39 is 15.9 Å². The maximum atomic E-state index is 12.3. The molecule has 1 aromatic carbocycles. The Labute approximate surface area is 122 Å². The van der Waals surface area contributed by atoms with Gasteiger partial charge in [-0.1, -0.05) is 23.2 Å². The first-order valence-electron chi connectivity index (χ1n) is 5.31. The molecule has 0 fully saturated rings. The van der Waals surface area contributed by atoms with Crippen LogP contribution in [0.25, 0.3) is 0 Å². The second kappa shape index (κ2) is 5.97. The van der Waals surface area contributed by atoms with Crippen molar-refractivity contribution in [3.8, 4) is 6.07 Å². The van der Waals surface area contributed by atoms with Crippen LogP contribution in [0.3, 0.4) is 0 Å². The van der Waals surface area contributed by atoms with E-state index >= 15 is 0 Å². The smallest absolute Gasteiger partial charge is 0.244 e. The number of halogens is 2. The molecule has 0 amide bonds. The van der Waals surface area contributed by atoms with Gasteiger partial charge in [0.1, 0.15) is 4.90 Å². The van der Waals surface area contributed by atoms with Gasteiger partial charge in [-0.15, -0.1) is 0 Å². The number of sulfonamides is 1. The molecule has 19 heavy (non-hydrogen) atoms. The Morgan fingerprint density at radius 1 is 1.47 bits per heavy atom. The Hall–Kier alpha value is -1.00. The molecule has 1 aromatic rings. The van der Waals surface area contributed by atoms with Gasteiger partial charge in [-0.05, 0) is 19.1 Å². The van der Waals surface area contributed by atoms with Gasteiger partial charge in [0.05, 0.1) is 27.7 Å². The highest BCUT2D eigenvalue weighted by molar-refractivity contribution is 7.89. The minimum Gasteiger partial charge on any atom is -0.396 e. The number of hydrogen-bond donors (Lipinski definition) is 1. The van der Waals surface area contributed by atoms with Crippen LogP contribution in [0, 0.1) is 17.2 Å². The molecule has 0 saturated heterocycles. The molecule has 1 unspecified atom stereocenters. The lowest BCUT2D eigenvalue weighted by molar-refractivity contribution is 0.439. The number of anilines is 1. The van der Waals surface area contributed by atoms with E-state index in [1.165, 1.54) is 19.2 Å². The molecular weight excluding hydrogens is 309 g/mol. The molecule has 104 valence electrons. The Morgan fingerprint density at radius 3 is 2.58 bits per heavy atom. The molecule has 0 saturated carbocycles. The summed E-state index contributed by atoms with van der Waals surface area (Å²) in [5.74, 6) is -0.428. The van der Waals surface area contributed by atoms with Crippen molar-refractivity contribution in [2.24, 2.45) is 5.92 Å². The summed E-state index contributed by atoms with van der Waals surface area (Å²) in [5, 5.41) is 8.80. The van der Waals surface area contributed by atoms with Crippen LogP contribution < -0.4 is 5.73 Å². The first-order chi connectivity index (χ1) is 8.71. The largest absolute Gasteiger partial charge is 0.396 e. The molecule has 1 rings (SSSR count). The van der Waals surface area contributed by atoms with E-state index in [9.17, 15) is 8.42 Å². The molecule has 0 aliphatic rings. The minimum absolute atomic E-state index is 0.0196. The van der Waals surface area contributed by atoms with Crippen LogP contribution in [0.2, 0.25) is 10.0 Å². The summed E-state index contributed by atoms with van der Waals surface area (Å²) in [5.41, 5.74) is 5.63. The molecule has 0 aliphatic heterocycles. The van der Waals surface area contributed by atoms with Crippen molar-refractivity contribution in [2.45, 2.75) is 11.8 Å². The van der Waals surface area contributed by atoms with E-state index in [2.05, 4.69) is 0 Å². The fraction of sp³-hybridized carbons (Fsp3) is 0.364. The maximum Gasteiger partial charge on any atom is 0.244 e. The molecule has 8 heteroatoms. The molecule has 1 atom stereocenters. The van der Waals surface area contributed by atoms with Gasteiger partial charge in [-0.3, -0.25) is 0 Å². The van der Waals surface area contributed by atoms with Crippen LogP contribution >= 0.6 is 23.2 Å². The molecule has 0 aliphatic carbocycles. The molecule has 0 bridgehead atoms. The predicted molar refractivity (Wildman–Crippen MR) is 75.5 cm³/mol. The molecular formula is C11H13Cl2N3O2S. The summed E-state index contributed by atoms with van der Waals surface area (Å²) in [6, 6.07) is 4.64. The summed E-state index contributed by atoms with van der Waals surface area (Å²) in [7, 11) is -2.42. The Morgan fingerprint density at radius 2 is 2.05 bits per heavy atom. The Bertz CT molecular complexity index is 626. The number of hydrogen-bond acceptors (Lipinski definition) is 4. The second-order valence-electron chi connectivity index (χ2n) is 4.09. The third-order valence-corrected chi connectivity index (χ3v) is 5.25. The van der Waals surface area contributed by atoms with Crippen molar-refractivity contribution in [3.05, 3.63) is 22.2 Å². The predicted octanol–water partition coefficient (Wildman–Crippen LogP) is 2.36. The van der Waals surface area contributed by atoms with E-state index in [-0.39, 0.29) is 27.2 Å². The molecule has 2 N–H and O–H groups in total. The molecule has 0 spiro atoms. The Balaban J connectivity index is 3.22. The van der Waals surface area contributed by atoms with Crippen molar-refractivity contribution < 1.29 is 8.42 Å². The number of nitrogens with two attached hydrogens (primary N) is 1. The third kappa shape index (κ3) is 3.31. The van der Waals surface area contributed by atoms with Crippen molar-refractivity contribution >= 4 is 38.9 Å². The van der Waals surface area contributed by atoms with Gasteiger partial charge in [0, 0.05) is 13.6 Å². The monoisotopic (exact) mass is 321 g/mol. The highest BCUT2D eigenvalue weighted by Crippen LogP contribution is 2.34. The van der Waals surface area contributed by atoms with Crippen LogP contribution in [0.5, 0.6) is 0 Å². The Kier molecular flexibility index (Phi) is 5.04. The van der Waals surface area contributed by atoms with Crippen molar-refractivity contribution in [1.82, 2.24) is 4.31 Å². The third-order valence-electron chi connectivity index (χ3n) is 2.53. The van der Waals surface area contributed by atoms with E-state index in [4.69, 9.17) is 34.2 Å². The average molecular weight is 322 g/mol. The first kappa shape index (κ1) is 16.1. The highest BCUT2D eigenvalue weighted by Gasteiger charge is 2.26. The summed E-state index contributed by atoms with van der Waals surface area (Å²) < 4.78 is 25.7. The lowest BCUT2D eigenvalue weighted by atomic mass is 10.2. The van der Waals surface area contributed by atoms with Crippen LogP contribution in [-0.2, 0) is 10.0 Å². The zero-order valence-electron chi connectivity index (χ0n) is 10.4. The van der Waals surface area contributed by atoms with Crippen molar-refractivity contribution in [1.29, 1.82) is 5.26 Å². The molecule has 0 radical (unpaired) electrons. The fourth-order valence-electron chi connectivity index (χ4n) is 1.44. The first-order valence-corrected chi connectivity index (χ1v) is 7.50. The lowest BCUT2D eigenvalue weighted by Gasteiger charge is -2.19. The molecule has 0 heterocycles. The number of nitrogens with zero attached hydrogens (tertiary/aromatic N) is 2. The quantitative estimate of drug-likeness (QED) is 0.862. The van der Waals surface area contributed by atoms with Gasteiger partial charge in [-0.25, -0.2) is 8.42 Å². The van der Waals surface area contributed by atoms with E-state index in [0.29, 0.717) is 0 Å². The topological polar surface area (TPSA) is 87.2 Å². The normalized spacial score (nSPS) is 13.3. The summed E-state index contributed by atoms with van der Waals surface area (Å²) in [6.45, 7) is 1.70. The standard InChI is InChI=1S/C11H13Cl2N3O2S/c1-7(5-14)6-16(2)19(17,18)9-4-3-8(12)11(15)10(9)13/h3-4,7H,6,15H2,1-2H3. The second-order valence-corrected chi connectivity index (χ2v) is 6.89. The van der Waals surface area contributed by atoms with Gasteiger partial charge in [0.15, 0.2) is 0 Å². The number of nitrogen functional groups attached to an aromatic ring is 1. The van der Waals surface area contributed by atoms with E-state index in [0.717, 1.165) is 4.31 Å². The summed E-state index contributed by atoms with van der Waals surface area (Å²) >= 11 is 11.7. The van der Waals surface area contributed by atoms with Gasteiger partial charge in [0.25, 0.3) is 0 Å². The SMILES string of the molecule is CC(C#N)CN(C)S(=O)(=O)c1ccc(Cl)c(N)c1Cl. The molecule has 0 aromatic heterocycles. The van der Waals surface area contributed by atoms with Crippen LogP contribution in [-0.4, -0.2) is 26.3 Å². The fourth-order valence-corrected chi connectivity index (χ4v) is 3.44. The summed E-state index contributed by atoms with van der Waals surface area (Å²) in [4.78, 5) is -0.122. The highest BCUT2D eigenvalue weighted by atomic mass is 35.5. The zero-order valence-corrected chi connectivity index (χ0v) is 12.7. The summed E-state index contributed by atoms with van der Waals surface area (Å²) in [6.07, 6.45) is 0. The van der Waals surface area contributed by atoms with Crippen LogP contribution in [0.15, 0.2) is 17.0 Å². The average Bonchev–Trinajstić information content (AvgIpc) is 2.35. The van der Waals surface area contributed by atoms with Crippen LogP contribution in [0.4, 0.5) is 5.69 Å². The number of benzene rings is 1. The zero-order chi connectivity index (χ0) is 14.8. The van der Waals surface area contributed by atoms with E-state index in [1.807, 2.05) is 6.07 Å². The van der Waals surface area contributed by atoms with Gasteiger partial charge >= 0.3 is 0 Å². The lowest BCUT2D eigenvalue weighted by Crippen LogP contribution is -2.31. The van der Waals surface area contributed by atoms with Crippen molar-refractivity contribution in [3.63, 3.8) is 0 Å². The number of nitriles is 1. The van der Waals surface area contributed by atoms with E-state index in [1.54, 1.807) is 6.92 Å². The van der Waals surface area contributed by atoms with Crippen LogP contribution in [0.1, 0.15) is 6.92 Å².